The Morgan fingerprint density at radius 1 is 1.24 bits per heavy atom. The first-order valence-corrected chi connectivity index (χ1v) is 12.0. The average Bonchev–Trinajstić information content (AvgIpc) is 3.19. The van der Waals surface area contributed by atoms with Gasteiger partial charge in [0.15, 0.2) is 5.78 Å². The summed E-state index contributed by atoms with van der Waals surface area (Å²) >= 11 is 0. The number of fused-ring (bicyclic) bond motifs is 4. The van der Waals surface area contributed by atoms with Crippen LogP contribution in [0.5, 0.6) is 0 Å². The number of aryl methyl sites for hydroxylation is 1. The lowest BCUT2D eigenvalue weighted by molar-refractivity contribution is 0.0398. The molecule has 3 aliphatic rings. The van der Waals surface area contributed by atoms with Crippen LogP contribution in [0.2, 0.25) is 0 Å². The molecule has 6 heteroatoms. The van der Waals surface area contributed by atoms with Crippen molar-refractivity contribution in [3.05, 3.63) is 56.9 Å². The molecular formula is C27H32N4O2. The van der Waals surface area contributed by atoms with Gasteiger partial charge in [-0.25, -0.2) is 0 Å². The average molecular weight is 445 g/mol. The number of rotatable bonds is 5. The molecule has 6 nitrogen and oxygen atoms in total. The second-order valence-electron chi connectivity index (χ2n) is 9.85. The van der Waals surface area contributed by atoms with E-state index in [1.54, 1.807) is 0 Å². The summed E-state index contributed by atoms with van der Waals surface area (Å²) < 4.78 is 5.46. The normalized spacial score (nSPS) is 19.2. The zero-order chi connectivity index (χ0) is 23.2. The number of aromatic nitrogens is 1. The number of H-pyrrole nitrogens is 1. The van der Waals surface area contributed by atoms with Gasteiger partial charge in [-0.05, 0) is 40.8 Å². The minimum absolute atomic E-state index is 0.0536. The smallest absolute Gasteiger partial charge is 0.170 e. The van der Waals surface area contributed by atoms with Crippen LogP contribution in [-0.2, 0) is 23.0 Å². The number of morpholine rings is 1. The molecule has 1 aliphatic heterocycles. The maximum absolute atomic E-state index is 12.9. The van der Waals surface area contributed by atoms with Crippen molar-refractivity contribution < 1.29 is 9.53 Å². The van der Waals surface area contributed by atoms with Crippen LogP contribution in [0.15, 0.2) is 17.7 Å². The van der Waals surface area contributed by atoms with Crippen LogP contribution in [0.25, 0.3) is 6.08 Å². The zero-order valence-electron chi connectivity index (χ0n) is 19.8. The third kappa shape index (κ3) is 3.80. The van der Waals surface area contributed by atoms with Gasteiger partial charge in [0, 0.05) is 67.0 Å². The number of allylic oxidation sites excluding steroid dienone is 1. The van der Waals surface area contributed by atoms with Crippen LogP contribution in [0.3, 0.4) is 0 Å². The van der Waals surface area contributed by atoms with E-state index in [2.05, 4.69) is 54.2 Å². The summed E-state index contributed by atoms with van der Waals surface area (Å²) in [6, 6.07) is 6.82. The third-order valence-electron chi connectivity index (χ3n) is 7.45. The van der Waals surface area contributed by atoms with Crippen molar-refractivity contribution >= 4 is 17.5 Å². The highest BCUT2D eigenvalue weighted by Gasteiger charge is 2.39. The number of nitrogens with zero attached hydrogens (tertiary/aromatic N) is 2. The molecule has 0 spiro atoms. The molecule has 0 atom stereocenters. The van der Waals surface area contributed by atoms with E-state index < -0.39 is 0 Å². The van der Waals surface area contributed by atoms with Crippen LogP contribution >= 0.6 is 0 Å². The Kier molecular flexibility index (Phi) is 5.64. The Morgan fingerprint density at radius 2 is 2.03 bits per heavy atom. The van der Waals surface area contributed by atoms with E-state index in [4.69, 9.17) is 4.74 Å². The number of ketones is 1. The van der Waals surface area contributed by atoms with Gasteiger partial charge in [-0.3, -0.25) is 9.69 Å². The molecule has 5 rings (SSSR count). The number of hydrogen-bond acceptors (Lipinski definition) is 5. The van der Waals surface area contributed by atoms with Crippen molar-refractivity contribution in [2.24, 2.45) is 0 Å². The second kappa shape index (κ2) is 8.48. The largest absolute Gasteiger partial charge is 0.384 e. The first-order valence-electron chi connectivity index (χ1n) is 12.0. The highest BCUT2D eigenvalue weighted by Crippen LogP contribution is 2.45. The van der Waals surface area contributed by atoms with Gasteiger partial charge in [-0.2, -0.15) is 5.26 Å². The molecule has 0 unspecified atom stereocenters. The van der Waals surface area contributed by atoms with E-state index in [0.29, 0.717) is 5.57 Å². The number of carbonyl (C=O) groups excluding carboxylic acids is 1. The Balaban J connectivity index is 1.47. The standard InChI is InChI=1S/C27H32N4O2/c1-4-18-13-19-14-20-25-23(11-17(16-28)12-24(25)32)30-26(20)27(2,3)21(19)15-22(18)29-5-6-31-7-9-33-10-8-31/h11,13,15,29-30H,4-10,12,14H2,1-3H3. The van der Waals surface area contributed by atoms with Crippen molar-refractivity contribution in [1.82, 2.24) is 9.88 Å². The summed E-state index contributed by atoms with van der Waals surface area (Å²) in [7, 11) is 0. The van der Waals surface area contributed by atoms with Crippen LogP contribution < -0.4 is 5.32 Å². The number of carbonyl (C=O) groups is 1. The number of anilines is 1. The Morgan fingerprint density at radius 3 is 2.76 bits per heavy atom. The molecule has 0 saturated carbocycles. The Hall–Kier alpha value is -2.88. The Labute approximate surface area is 195 Å². The molecule has 0 bridgehead atoms. The second-order valence-corrected chi connectivity index (χ2v) is 9.85. The van der Waals surface area contributed by atoms with Gasteiger partial charge in [0.1, 0.15) is 0 Å². The highest BCUT2D eigenvalue weighted by atomic mass is 16.5. The number of Topliss-reactive ketones (excluding diaryl/α,β-unsaturated/α-hetero) is 1. The summed E-state index contributed by atoms with van der Waals surface area (Å²) in [5.41, 5.74) is 9.20. The van der Waals surface area contributed by atoms with E-state index in [9.17, 15) is 10.1 Å². The van der Waals surface area contributed by atoms with Gasteiger partial charge in [-0.15, -0.1) is 0 Å². The summed E-state index contributed by atoms with van der Waals surface area (Å²) in [6.07, 6.45) is 3.76. The monoisotopic (exact) mass is 444 g/mol. The van der Waals surface area contributed by atoms with E-state index >= 15 is 0 Å². The maximum Gasteiger partial charge on any atom is 0.170 e. The molecule has 2 N–H and O–H groups in total. The van der Waals surface area contributed by atoms with Gasteiger partial charge in [0.05, 0.1) is 25.0 Å². The highest BCUT2D eigenvalue weighted by molar-refractivity contribution is 6.06. The number of nitriles is 1. The number of aromatic amines is 1. The maximum atomic E-state index is 12.9. The molecule has 1 aromatic carbocycles. The minimum atomic E-state index is -0.256. The van der Waals surface area contributed by atoms with Crippen LogP contribution in [0.4, 0.5) is 5.69 Å². The van der Waals surface area contributed by atoms with Crippen molar-refractivity contribution in [1.29, 1.82) is 5.26 Å². The summed E-state index contributed by atoms with van der Waals surface area (Å²) in [4.78, 5) is 18.9. The summed E-state index contributed by atoms with van der Waals surface area (Å²) in [5, 5.41) is 13.0. The molecule has 33 heavy (non-hydrogen) atoms. The molecule has 0 radical (unpaired) electrons. The van der Waals surface area contributed by atoms with Crippen LogP contribution in [0.1, 0.15) is 71.2 Å². The van der Waals surface area contributed by atoms with Gasteiger partial charge in [-0.1, -0.05) is 26.8 Å². The Bertz CT molecular complexity index is 1180. The summed E-state index contributed by atoms with van der Waals surface area (Å²) in [6.45, 7) is 12.2. The fourth-order valence-electron chi connectivity index (χ4n) is 5.63. The van der Waals surface area contributed by atoms with E-state index in [0.717, 1.165) is 74.7 Å². The SMILES string of the molecule is CCc1cc2c(cc1NCCN1CCOCC1)C(C)(C)c1[nH]c3c(c1C2)C(=O)CC(C#N)=C3. The first-order chi connectivity index (χ1) is 15.9. The van der Waals surface area contributed by atoms with Gasteiger partial charge >= 0.3 is 0 Å². The van der Waals surface area contributed by atoms with Crippen LogP contribution in [0, 0.1) is 11.3 Å². The predicted octanol–water partition coefficient (Wildman–Crippen LogP) is 4.04. The molecule has 2 heterocycles. The molecule has 1 saturated heterocycles. The van der Waals surface area contributed by atoms with Crippen molar-refractivity contribution in [3.8, 4) is 6.07 Å². The molecule has 0 amide bonds. The summed E-state index contributed by atoms with van der Waals surface area (Å²) in [5.74, 6) is 0.0536. The molecule has 2 aromatic rings. The van der Waals surface area contributed by atoms with E-state index in [1.165, 1.54) is 22.4 Å². The topological polar surface area (TPSA) is 81.2 Å². The fraction of sp³-hybridized carbons (Fsp3) is 0.481. The molecule has 1 aromatic heterocycles. The molecule has 1 fully saturated rings. The van der Waals surface area contributed by atoms with Crippen molar-refractivity contribution in [2.75, 3.05) is 44.7 Å². The lowest BCUT2D eigenvalue weighted by Crippen LogP contribution is -2.39. The number of hydrogen-bond donors (Lipinski definition) is 2. The van der Waals surface area contributed by atoms with Gasteiger partial charge in [0.2, 0.25) is 0 Å². The van der Waals surface area contributed by atoms with E-state index in [-0.39, 0.29) is 17.6 Å². The van der Waals surface area contributed by atoms with Crippen molar-refractivity contribution in [2.45, 2.75) is 45.4 Å². The number of benzene rings is 1. The van der Waals surface area contributed by atoms with Crippen molar-refractivity contribution in [3.63, 3.8) is 0 Å². The zero-order valence-corrected chi connectivity index (χ0v) is 19.8. The molecule has 172 valence electrons. The fourth-order valence-corrected chi connectivity index (χ4v) is 5.63. The molecule has 2 aliphatic carbocycles. The van der Waals surface area contributed by atoms with E-state index in [1.807, 2.05) is 6.08 Å². The molecular weight excluding hydrogens is 412 g/mol. The number of ether oxygens (including phenoxy) is 1. The first kappa shape index (κ1) is 21.9. The predicted molar refractivity (Wildman–Crippen MR) is 130 cm³/mol. The van der Waals surface area contributed by atoms with Gasteiger partial charge < -0.3 is 15.0 Å². The van der Waals surface area contributed by atoms with Gasteiger partial charge in [0.25, 0.3) is 0 Å². The minimum Gasteiger partial charge on any atom is -0.384 e. The quantitative estimate of drug-likeness (QED) is 0.727. The van der Waals surface area contributed by atoms with Crippen LogP contribution in [-0.4, -0.2) is 55.1 Å². The lowest BCUT2D eigenvalue weighted by Gasteiger charge is -2.34. The third-order valence-corrected chi connectivity index (χ3v) is 7.45. The number of nitrogens with one attached hydrogen (secondary N) is 2. The lowest BCUT2D eigenvalue weighted by atomic mass is 9.70.